The summed E-state index contributed by atoms with van der Waals surface area (Å²) in [4.78, 5) is 0. The van der Waals surface area contributed by atoms with E-state index in [4.69, 9.17) is 4.74 Å². The monoisotopic (exact) mass is 157 g/mol. The Hall–Kier alpha value is -0.0800. The van der Waals surface area contributed by atoms with E-state index < -0.39 is 0 Å². The van der Waals surface area contributed by atoms with Crippen LogP contribution in [0, 0.1) is 5.92 Å². The zero-order chi connectivity index (χ0) is 8.43. The Morgan fingerprint density at radius 3 is 2.18 bits per heavy atom. The van der Waals surface area contributed by atoms with Crippen molar-refractivity contribution in [2.75, 3.05) is 6.54 Å². The molecule has 0 aliphatic carbocycles. The molecule has 0 saturated carbocycles. The first-order valence-corrected chi connectivity index (χ1v) is 4.55. The standard InChI is InChI=1S/C9H19NO/c1-5-10-9-6(2)7(3)11-8(9)4/h6-10H,5H2,1-4H3. The van der Waals surface area contributed by atoms with Gasteiger partial charge in [-0.15, -0.1) is 0 Å². The van der Waals surface area contributed by atoms with Crippen molar-refractivity contribution in [1.29, 1.82) is 0 Å². The molecule has 0 aromatic heterocycles. The van der Waals surface area contributed by atoms with Crippen LogP contribution in [0.15, 0.2) is 0 Å². The van der Waals surface area contributed by atoms with Gasteiger partial charge in [0.05, 0.1) is 12.2 Å². The number of hydrogen-bond donors (Lipinski definition) is 1. The van der Waals surface area contributed by atoms with Gasteiger partial charge in [-0.3, -0.25) is 0 Å². The Kier molecular flexibility index (Phi) is 2.90. The first-order chi connectivity index (χ1) is 5.16. The van der Waals surface area contributed by atoms with Crippen molar-refractivity contribution in [3.05, 3.63) is 0 Å². The summed E-state index contributed by atoms with van der Waals surface area (Å²) in [5, 5.41) is 3.45. The molecule has 0 aromatic rings. The maximum Gasteiger partial charge on any atom is 0.0707 e. The highest BCUT2D eigenvalue weighted by Crippen LogP contribution is 2.25. The van der Waals surface area contributed by atoms with Crippen LogP contribution < -0.4 is 5.32 Å². The number of likely N-dealkylation sites (N-methyl/N-ethyl adjacent to an activating group) is 1. The predicted octanol–water partition coefficient (Wildman–Crippen LogP) is 1.41. The fourth-order valence-corrected chi connectivity index (χ4v) is 1.85. The molecule has 4 unspecified atom stereocenters. The van der Waals surface area contributed by atoms with Gasteiger partial charge in [0.2, 0.25) is 0 Å². The molecule has 4 atom stereocenters. The zero-order valence-corrected chi connectivity index (χ0v) is 7.92. The fourth-order valence-electron chi connectivity index (χ4n) is 1.85. The van der Waals surface area contributed by atoms with Gasteiger partial charge in [-0.1, -0.05) is 13.8 Å². The number of ether oxygens (including phenoxy) is 1. The van der Waals surface area contributed by atoms with Crippen LogP contribution in [0.25, 0.3) is 0 Å². The third-order valence-corrected chi connectivity index (χ3v) is 2.68. The minimum atomic E-state index is 0.375. The lowest BCUT2D eigenvalue weighted by Gasteiger charge is -2.18. The molecule has 1 saturated heterocycles. The van der Waals surface area contributed by atoms with Crippen LogP contribution in [0.5, 0.6) is 0 Å². The maximum absolute atomic E-state index is 5.68. The third-order valence-electron chi connectivity index (χ3n) is 2.68. The Morgan fingerprint density at radius 1 is 1.18 bits per heavy atom. The molecule has 66 valence electrons. The topological polar surface area (TPSA) is 21.3 Å². The molecule has 1 heterocycles. The van der Waals surface area contributed by atoms with Crippen LogP contribution >= 0.6 is 0 Å². The predicted molar refractivity (Wildman–Crippen MR) is 46.6 cm³/mol. The minimum Gasteiger partial charge on any atom is -0.374 e. The first-order valence-electron chi connectivity index (χ1n) is 4.55. The molecular weight excluding hydrogens is 138 g/mol. The number of nitrogens with one attached hydrogen (secondary N) is 1. The van der Waals surface area contributed by atoms with Crippen LogP contribution in [-0.4, -0.2) is 24.8 Å². The number of hydrogen-bond acceptors (Lipinski definition) is 2. The normalized spacial score (nSPS) is 44.7. The van der Waals surface area contributed by atoms with Crippen LogP contribution in [0.4, 0.5) is 0 Å². The molecule has 0 amide bonds. The lowest BCUT2D eigenvalue weighted by atomic mass is 9.97. The summed E-state index contributed by atoms with van der Waals surface area (Å²) in [6.45, 7) is 9.73. The molecular formula is C9H19NO. The fraction of sp³-hybridized carbons (Fsp3) is 1.00. The molecule has 11 heavy (non-hydrogen) atoms. The van der Waals surface area contributed by atoms with Gasteiger partial charge in [0.25, 0.3) is 0 Å². The third kappa shape index (κ3) is 1.74. The second-order valence-corrected chi connectivity index (χ2v) is 3.49. The molecule has 2 heteroatoms. The summed E-state index contributed by atoms with van der Waals surface area (Å²) in [7, 11) is 0. The van der Waals surface area contributed by atoms with Crippen molar-refractivity contribution in [2.45, 2.75) is 45.9 Å². The van der Waals surface area contributed by atoms with Crippen molar-refractivity contribution < 1.29 is 4.74 Å². The second kappa shape index (κ2) is 3.55. The van der Waals surface area contributed by atoms with E-state index in [0.29, 0.717) is 24.2 Å². The smallest absolute Gasteiger partial charge is 0.0707 e. The van der Waals surface area contributed by atoms with Crippen molar-refractivity contribution in [3.8, 4) is 0 Å². The Balaban J connectivity index is 2.49. The van der Waals surface area contributed by atoms with E-state index in [1.54, 1.807) is 0 Å². The highest BCUT2D eigenvalue weighted by Gasteiger charge is 2.35. The Bertz CT molecular complexity index is 127. The molecule has 0 spiro atoms. The highest BCUT2D eigenvalue weighted by molar-refractivity contribution is 4.88. The average Bonchev–Trinajstić information content (AvgIpc) is 2.17. The molecule has 0 bridgehead atoms. The van der Waals surface area contributed by atoms with Crippen molar-refractivity contribution >= 4 is 0 Å². The van der Waals surface area contributed by atoms with Crippen molar-refractivity contribution in [2.24, 2.45) is 5.92 Å². The Labute approximate surface area is 69.3 Å². The molecule has 1 rings (SSSR count). The van der Waals surface area contributed by atoms with E-state index in [-0.39, 0.29) is 0 Å². The summed E-state index contributed by atoms with van der Waals surface area (Å²) >= 11 is 0. The summed E-state index contributed by atoms with van der Waals surface area (Å²) in [5.41, 5.74) is 0. The maximum atomic E-state index is 5.68. The van der Waals surface area contributed by atoms with Gasteiger partial charge in [0.15, 0.2) is 0 Å². The van der Waals surface area contributed by atoms with E-state index in [9.17, 15) is 0 Å². The van der Waals surface area contributed by atoms with Gasteiger partial charge in [-0.25, -0.2) is 0 Å². The van der Waals surface area contributed by atoms with Gasteiger partial charge < -0.3 is 10.1 Å². The lowest BCUT2D eigenvalue weighted by molar-refractivity contribution is 0.0542. The molecule has 1 aliphatic heterocycles. The van der Waals surface area contributed by atoms with E-state index >= 15 is 0 Å². The summed E-state index contributed by atoms with van der Waals surface area (Å²) in [6.07, 6.45) is 0.786. The molecule has 0 radical (unpaired) electrons. The van der Waals surface area contributed by atoms with E-state index in [0.717, 1.165) is 6.54 Å². The molecule has 2 nitrogen and oxygen atoms in total. The largest absolute Gasteiger partial charge is 0.374 e. The van der Waals surface area contributed by atoms with E-state index in [2.05, 4.69) is 33.0 Å². The van der Waals surface area contributed by atoms with Gasteiger partial charge in [-0.05, 0) is 26.3 Å². The van der Waals surface area contributed by atoms with Crippen molar-refractivity contribution in [1.82, 2.24) is 5.32 Å². The van der Waals surface area contributed by atoms with Crippen LogP contribution in [0.2, 0.25) is 0 Å². The SMILES string of the molecule is CCNC1C(C)OC(C)C1C. The van der Waals surface area contributed by atoms with Crippen LogP contribution in [0.3, 0.4) is 0 Å². The van der Waals surface area contributed by atoms with Gasteiger partial charge >= 0.3 is 0 Å². The first kappa shape index (κ1) is 9.01. The van der Waals surface area contributed by atoms with Crippen LogP contribution in [0.1, 0.15) is 27.7 Å². The quantitative estimate of drug-likeness (QED) is 0.654. The highest BCUT2D eigenvalue weighted by atomic mass is 16.5. The summed E-state index contributed by atoms with van der Waals surface area (Å²) < 4.78 is 5.68. The molecule has 1 N–H and O–H groups in total. The number of rotatable bonds is 2. The molecule has 1 aliphatic rings. The Morgan fingerprint density at radius 2 is 1.82 bits per heavy atom. The van der Waals surface area contributed by atoms with Gasteiger partial charge in [0.1, 0.15) is 0 Å². The molecule has 1 fully saturated rings. The lowest BCUT2D eigenvalue weighted by Crippen LogP contribution is -2.39. The van der Waals surface area contributed by atoms with Gasteiger partial charge in [0, 0.05) is 6.04 Å². The van der Waals surface area contributed by atoms with Gasteiger partial charge in [-0.2, -0.15) is 0 Å². The van der Waals surface area contributed by atoms with E-state index in [1.807, 2.05) is 0 Å². The summed E-state index contributed by atoms with van der Waals surface area (Å²) in [6, 6.07) is 0.551. The average molecular weight is 157 g/mol. The minimum absolute atomic E-state index is 0.375. The van der Waals surface area contributed by atoms with E-state index in [1.165, 1.54) is 0 Å². The van der Waals surface area contributed by atoms with Crippen LogP contribution in [-0.2, 0) is 4.74 Å². The second-order valence-electron chi connectivity index (χ2n) is 3.49. The summed E-state index contributed by atoms with van der Waals surface area (Å²) in [5.74, 6) is 0.643. The zero-order valence-electron chi connectivity index (χ0n) is 7.92. The van der Waals surface area contributed by atoms with Crippen molar-refractivity contribution in [3.63, 3.8) is 0 Å². The molecule has 0 aromatic carbocycles.